The number of hydrogen-bond donors (Lipinski definition) is 1. The smallest absolute Gasteiger partial charge is 0.303 e. The number of aliphatic carboxylic acids is 1. The van der Waals surface area contributed by atoms with Gasteiger partial charge >= 0.3 is 5.97 Å². The van der Waals surface area contributed by atoms with Crippen LogP contribution in [0.2, 0.25) is 0 Å². The van der Waals surface area contributed by atoms with E-state index in [4.69, 9.17) is 5.11 Å². The molecule has 3 unspecified atom stereocenters. The minimum Gasteiger partial charge on any atom is -0.481 e. The summed E-state index contributed by atoms with van der Waals surface area (Å²) in [4.78, 5) is 21.1. The Morgan fingerprint density at radius 2 is 2.21 bits per heavy atom. The minimum atomic E-state index is -0.720. The number of rotatable bonds is 8. The predicted molar refractivity (Wildman–Crippen MR) is 75.8 cm³/mol. The SMILES string of the molecule is CC(CC=O)CC1=CC(CC(C)CC(=O)O)CC=C1. The van der Waals surface area contributed by atoms with E-state index in [1.54, 1.807) is 0 Å². The molecule has 3 atom stereocenters. The van der Waals surface area contributed by atoms with Crippen LogP contribution in [-0.2, 0) is 9.59 Å². The zero-order valence-electron chi connectivity index (χ0n) is 11.8. The maximum absolute atomic E-state index is 10.7. The molecule has 1 rings (SSSR count). The van der Waals surface area contributed by atoms with Crippen LogP contribution in [0, 0.1) is 17.8 Å². The topological polar surface area (TPSA) is 54.4 Å². The Morgan fingerprint density at radius 3 is 2.84 bits per heavy atom. The van der Waals surface area contributed by atoms with Gasteiger partial charge < -0.3 is 9.90 Å². The first kappa shape index (κ1) is 15.7. The molecule has 0 aromatic rings. The summed E-state index contributed by atoms with van der Waals surface area (Å²) >= 11 is 0. The van der Waals surface area contributed by atoms with Gasteiger partial charge in [0.2, 0.25) is 0 Å². The Labute approximate surface area is 115 Å². The van der Waals surface area contributed by atoms with Crippen molar-refractivity contribution in [2.45, 2.75) is 46.0 Å². The zero-order valence-corrected chi connectivity index (χ0v) is 11.8. The monoisotopic (exact) mass is 264 g/mol. The van der Waals surface area contributed by atoms with E-state index in [-0.39, 0.29) is 12.3 Å². The molecule has 0 heterocycles. The van der Waals surface area contributed by atoms with Crippen molar-refractivity contribution in [1.29, 1.82) is 0 Å². The molecule has 3 heteroatoms. The van der Waals surface area contributed by atoms with Gasteiger partial charge in [-0.05, 0) is 37.0 Å². The van der Waals surface area contributed by atoms with Gasteiger partial charge in [-0.15, -0.1) is 0 Å². The maximum Gasteiger partial charge on any atom is 0.303 e. The van der Waals surface area contributed by atoms with Crippen LogP contribution in [0.4, 0.5) is 0 Å². The van der Waals surface area contributed by atoms with E-state index >= 15 is 0 Å². The lowest BCUT2D eigenvalue weighted by Crippen LogP contribution is -2.11. The van der Waals surface area contributed by atoms with E-state index in [0.717, 1.165) is 25.5 Å². The molecule has 106 valence electrons. The molecule has 1 N–H and O–H groups in total. The molecular weight excluding hydrogens is 240 g/mol. The average Bonchev–Trinajstić information content (AvgIpc) is 2.28. The molecule has 0 amide bonds. The fourth-order valence-corrected chi connectivity index (χ4v) is 2.67. The second-order valence-corrected chi connectivity index (χ2v) is 5.79. The quantitative estimate of drug-likeness (QED) is 0.681. The highest BCUT2D eigenvalue weighted by atomic mass is 16.4. The lowest BCUT2D eigenvalue weighted by Gasteiger charge is -2.21. The van der Waals surface area contributed by atoms with E-state index in [0.29, 0.717) is 18.3 Å². The summed E-state index contributed by atoms with van der Waals surface area (Å²) in [5.74, 6) is 0.308. The Morgan fingerprint density at radius 1 is 1.47 bits per heavy atom. The molecule has 3 nitrogen and oxygen atoms in total. The van der Waals surface area contributed by atoms with Crippen molar-refractivity contribution in [2.75, 3.05) is 0 Å². The van der Waals surface area contributed by atoms with Gasteiger partial charge in [-0.1, -0.05) is 37.6 Å². The summed E-state index contributed by atoms with van der Waals surface area (Å²) in [5, 5.41) is 8.78. The van der Waals surface area contributed by atoms with E-state index in [9.17, 15) is 9.59 Å². The van der Waals surface area contributed by atoms with Crippen LogP contribution in [0.5, 0.6) is 0 Å². The van der Waals surface area contributed by atoms with Crippen LogP contribution in [-0.4, -0.2) is 17.4 Å². The molecule has 19 heavy (non-hydrogen) atoms. The van der Waals surface area contributed by atoms with Crippen molar-refractivity contribution in [1.82, 2.24) is 0 Å². The number of aldehydes is 1. The van der Waals surface area contributed by atoms with Gasteiger partial charge in [0.15, 0.2) is 0 Å². The number of carbonyl (C=O) groups is 2. The molecule has 0 radical (unpaired) electrons. The number of carboxylic acids is 1. The first-order valence-electron chi connectivity index (χ1n) is 7.04. The highest BCUT2D eigenvalue weighted by molar-refractivity contribution is 5.66. The van der Waals surface area contributed by atoms with Crippen LogP contribution in [0.15, 0.2) is 23.8 Å². The zero-order chi connectivity index (χ0) is 14.3. The van der Waals surface area contributed by atoms with Gasteiger partial charge in [0.05, 0.1) is 0 Å². The van der Waals surface area contributed by atoms with Crippen LogP contribution in [0.3, 0.4) is 0 Å². The molecule has 0 saturated carbocycles. The Balaban J connectivity index is 2.48. The third kappa shape index (κ3) is 6.37. The second-order valence-electron chi connectivity index (χ2n) is 5.79. The van der Waals surface area contributed by atoms with Crippen LogP contribution < -0.4 is 0 Å². The largest absolute Gasteiger partial charge is 0.481 e. The number of allylic oxidation sites excluding steroid dienone is 4. The fraction of sp³-hybridized carbons (Fsp3) is 0.625. The van der Waals surface area contributed by atoms with Gasteiger partial charge in [0.25, 0.3) is 0 Å². The summed E-state index contributed by atoms with van der Waals surface area (Å²) in [5.41, 5.74) is 1.29. The van der Waals surface area contributed by atoms with Crippen molar-refractivity contribution >= 4 is 12.3 Å². The maximum atomic E-state index is 10.7. The van der Waals surface area contributed by atoms with E-state index < -0.39 is 5.97 Å². The fourth-order valence-electron chi connectivity index (χ4n) is 2.67. The van der Waals surface area contributed by atoms with Gasteiger partial charge in [-0.2, -0.15) is 0 Å². The number of carboxylic acid groups (broad SMARTS) is 1. The Hall–Kier alpha value is -1.38. The lowest BCUT2D eigenvalue weighted by molar-refractivity contribution is -0.138. The molecule has 0 aromatic carbocycles. The molecule has 0 saturated heterocycles. The van der Waals surface area contributed by atoms with E-state index in [1.165, 1.54) is 5.57 Å². The third-order valence-corrected chi connectivity index (χ3v) is 3.53. The van der Waals surface area contributed by atoms with Crippen molar-refractivity contribution in [3.05, 3.63) is 23.8 Å². The normalized spacial score (nSPS) is 21.6. The molecule has 0 fully saturated rings. The first-order chi connectivity index (χ1) is 9.01. The van der Waals surface area contributed by atoms with Crippen LogP contribution >= 0.6 is 0 Å². The minimum absolute atomic E-state index is 0.207. The Kier molecular flexibility index (Phi) is 6.54. The summed E-state index contributed by atoms with van der Waals surface area (Å²) in [6, 6.07) is 0. The highest BCUT2D eigenvalue weighted by Crippen LogP contribution is 2.28. The average molecular weight is 264 g/mol. The predicted octanol–water partition coefficient (Wildman–Crippen LogP) is 3.61. The van der Waals surface area contributed by atoms with Gasteiger partial charge in [0.1, 0.15) is 6.29 Å². The van der Waals surface area contributed by atoms with Crippen molar-refractivity contribution in [2.24, 2.45) is 17.8 Å². The van der Waals surface area contributed by atoms with Crippen molar-refractivity contribution in [3.8, 4) is 0 Å². The number of carbonyl (C=O) groups excluding carboxylic acids is 1. The van der Waals surface area contributed by atoms with Gasteiger partial charge in [0, 0.05) is 12.8 Å². The van der Waals surface area contributed by atoms with Crippen molar-refractivity contribution < 1.29 is 14.7 Å². The van der Waals surface area contributed by atoms with Crippen LogP contribution in [0.1, 0.15) is 46.0 Å². The lowest BCUT2D eigenvalue weighted by atomic mass is 9.85. The molecule has 1 aliphatic rings. The molecule has 0 aliphatic heterocycles. The van der Waals surface area contributed by atoms with E-state index in [1.807, 2.05) is 6.92 Å². The van der Waals surface area contributed by atoms with Crippen LogP contribution in [0.25, 0.3) is 0 Å². The Bertz CT molecular complexity index is 368. The second kappa shape index (κ2) is 7.93. The van der Waals surface area contributed by atoms with Crippen molar-refractivity contribution in [3.63, 3.8) is 0 Å². The molecule has 0 bridgehead atoms. The molecule has 0 spiro atoms. The molecule has 0 aromatic heterocycles. The molecule has 1 aliphatic carbocycles. The number of hydrogen-bond acceptors (Lipinski definition) is 2. The third-order valence-electron chi connectivity index (χ3n) is 3.53. The summed E-state index contributed by atoms with van der Waals surface area (Å²) in [7, 11) is 0. The summed E-state index contributed by atoms with van der Waals surface area (Å²) in [6.07, 6.45) is 11.2. The van der Waals surface area contributed by atoms with Gasteiger partial charge in [-0.25, -0.2) is 0 Å². The summed E-state index contributed by atoms with van der Waals surface area (Å²) in [6.45, 7) is 4.08. The standard InChI is InChI=1S/C16H24O3/c1-12(6-7-17)8-14-4-3-5-15(11-14)9-13(2)10-16(18)19/h3-4,7,11-13,15H,5-6,8-10H2,1-2H3,(H,18,19). The van der Waals surface area contributed by atoms with Gasteiger partial charge in [-0.3, -0.25) is 4.79 Å². The highest BCUT2D eigenvalue weighted by Gasteiger charge is 2.16. The molecular formula is C16H24O3. The van der Waals surface area contributed by atoms with E-state index in [2.05, 4.69) is 25.2 Å². The summed E-state index contributed by atoms with van der Waals surface area (Å²) < 4.78 is 0. The first-order valence-corrected chi connectivity index (χ1v) is 7.04.